The molecule has 176 valence electrons. The molecule has 0 bridgehead atoms. The zero-order chi connectivity index (χ0) is 22.8. The lowest BCUT2D eigenvalue weighted by molar-refractivity contribution is 0.256. The summed E-state index contributed by atoms with van der Waals surface area (Å²) in [4.78, 5) is 6.90. The molecule has 5 rings (SSSR count). The molecule has 2 atom stereocenters. The highest BCUT2D eigenvalue weighted by molar-refractivity contribution is 5.44. The van der Waals surface area contributed by atoms with Crippen LogP contribution in [0.2, 0.25) is 0 Å². The van der Waals surface area contributed by atoms with Gasteiger partial charge in [-0.15, -0.1) is 0 Å². The van der Waals surface area contributed by atoms with Crippen LogP contribution in [0.25, 0.3) is 0 Å². The van der Waals surface area contributed by atoms with Gasteiger partial charge < -0.3 is 20.9 Å². The molecule has 2 aliphatic carbocycles. The van der Waals surface area contributed by atoms with Gasteiger partial charge in [-0.2, -0.15) is 0 Å². The number of pyridine rings is 1. The molecule has 0 spiro atoms. The Kier molecular flexibility index (Phi) is 9.97. The van der Waals surface area contributed by atoms with Gasteiger partial charge in [-0.05, 0) is 89.2 Å². The molecule has 0 saturated carbocycles. The van der Waals surface area contributed by atoms with Crippen LogP contribution < -0.4 is 16.0 Å². The van der Waals surface area contributed by atoms with Gasteiger partial charge in [0, 0.05) is 55.9 Å². The van der Waals surface area contributed by atoms with E-state index >= 15 is 0 Å². The summed E-state index contributed by atoms with van der Waals surface area (Å²) in [6.07, 6.45) is 16.3. The summed E-state index contributed by atoms with van der Waals surface area (Å²) in [5, 5.41) is 9.86. The Morgan fingerprint density at radius 1 is 1.09 bits per heavy atom. The standard InChI is InChI=1S/C16H25N3.C9H11N.C2H7N/c1-12-9-15-14(10-18-12)5-3-4-6-16(15)19-8-7-17-13(2)11-19;1-2-6-9-8(4-1)5-3-7-10-9;1-3-2/h3,5-6,12-13,17-18H,4,7-11H2,1-2H3;3,5,7H,1-2,4,6H2;3H,1-2H3. The van der Waals surface area contributed by atoms with E-state index in [-0.39, 0.29) is 0 Å². The number of nitrogens with zero attached hydrogens (tertiary/aromatic N) is 2. The fourth-order valence-corrected chi connectivity index (χ4v) is 4.85. The molecule has 3 heterocycles. The van der Waals surface area contributed by atoms with Crippen molar-refractivity contribution >= 4 is 0 Å². The van der Waals surface area contributed by atoms with E-state index in [0.29, 0.717) is 12.1 Å². The van der Waals surface area contributed by atoms with Crippen LogP contribution >= 0.6 is 0 Å². The molecule has 2 aliphatic heterocycles. The second kappa shape index (κ2) is 12.9. The van der Waals surface area contributed by atoms with Crippen molar-refractivity contribution in [1.29, 1.82) is 0 Å². The molecule has 0 radical (unpaired) electrons. The first-order valence-corrected chi connectivity index (χ1v) is 12.4. The fraction of sp³-hybridized carbons (Fsp3) is 0.593. The zero-order valence-electron chi connectivity index (χ0n) is 20.6. The lowest BCUT2D eigenvalue weighted by Crippen LogP contribution is -2.49. The lowest BCUT2D eigenvalue weighted by atomic mass is 9.93. The first kappa shape index (κ1) is 24.7. The predicted molar refractivity (Wildman–Crippen MR) is 136 cm³/mol. The van der Waals surface area contributed by atoms with E-state index in [1.807, 2.05) is 26.4 Å². The van der Waals surface area contributed by atoms with Crippen LogP contribution in [-0.4, -0.2) is 62.2 Å². The van der Waals surface area contributed by atoms with Crippen molar-refractivity contribution in [2.24, 2.45) is 0 Å². The van der Waals surface area contributed by atoms with Gasteiger partial charge in [0.2, 0.25) is 0 Å². The minimum Gasteiger partial charge on any atom is -0.369 e. The number of nitrogens with one attached hydrogen (secondary N) is 3. The molecule has 2 unspecified atom stereocenters. The summed E-state index contributed by atoms with van der Waals surface area (Å²) in [5.41, 5.74) is 7.37. The Balaban J connectivity index is 0.000000186. The number of aryl methyl sites for hydroxylation is 2. The molecule has 5 nitrogen and oxygen atoms in total. The number of hydrogen-bond acceptors (Lipinski definition) is 5. The normalized spacial score (nSPS) is 24.6. The highest BCUT2D eigenvalue weighted by Gasteiger charge is 2.25. The van der Waals surface area contributed by atoms with Crippen LogP contribution in [0.1, 0.15) is 50.8 Å². The average Bonchev–Trinajstić information content (AvgIpc) is 3.02. The molecule has 3 N–H and O–H groups in total. The number of piperazine rings is 1. The quantitative estimate of drug-likeness (QED) is 0.627. The smallest absolute Gasteiger partial charge is 0.0435 e. The van der Waals surface area contributed by atoms with Gasteiger partial charge in [-0.1, -0.05) is 24.3 Å². The van der Waals surface area contributed by atoms with E-state index in [2.05, 4.69) is 64.0 Å². The molecule has 5 heteroatoms. The van der Waals surface area contributed by atoms with Crippen molar-refractivity contribution in [2.45, 2.75) is 64.5 Å². The molecule has 0 amide bonds. The summed E-state index contributed by atoms with van der Waals surface area (Å²) >= 11 is 0. The zero-order valence-corrected chi connectivity index (χ0v) is 20.6. The Morgan fingerprint density at radius 3 is 2.69 bits per heavy atom. The summed E-state index contributed by atoms with van der Waals surface area (Å²) in [7, 11) is 3.75. The first-order valence-electron chi connectivity index (χ1n) is 12.4. The van der Waals surface area contributed by atoms with Gasteiger partial charge >= 0.3 is 0 Å². The van der Waals surface area contributed by atoms with Crippen LogP contribution in [0, 0.1) is 0 Å². The summed E-state index contributed by atoms with van der Waals surface area (Å²) in [5.74, 6) is 0. The third-order valence-electron chi connectivity index (χ3n) is 6.42. The SMILES string of the molecule is CC1CC2=C(C=CCC=C2N2CCNC(C)C2)CN1.CNC.c1cnc2c(c1)CCCC2. The van der Waals surface area contributed by atoms with Gasteiger partial charge in [0.25, 0.3) is 0 Å². The van der Waals surface area contributed by atoms with Gasteiger partial charge in [-0.3, -0.25) is 4.98 Å². The first-order chi connectivity index (χ1) is 15.6. The molecule has 1 aromatic rings. The van der Waals surface area contributed by atoms with Crippen molar-refractivity contribution in [3.8, 4) is 0 Å². The molecular formula is C27H43N5. The topological polar surface area (TPSA) is 52.2 Å². The molecule has 32 heavy (non-hydrogen) atoms. The minimum absolute atomic E-state index is 0.592. The van der Waals surface area contributed by atoms with Gasteiger partial charge in [0.15, 0.2) is 0 Å². The van der Waals surface area contributed by atoms with E-state index in [1.54, 1.807) is 5.57 Å². The number of allylic oxidation sites excluding steroid dienone is 3. The second-order valence-electron chi connectivity index (χ2n) is 9.33. The van der Waals surface area contributed by atoms with Crippen molar-refractivity contribution in [2.75, 3.05) is 40.3 Å². The molecule has 4 aliphatic rings. The summed E-state index contributed by atoms with van der Waals surface area (Å²) in [6.45, 7) is 8.95. The summed E-state index contributed by atoms with van der Waals surface area (Å²) in [6, 6.07) is 5.41. The highest BCUT2D eigenvalue weighted by Crippen LogP contribution is 2.30. The third-order valence-corrected chi connectivity index (χ3v) is 6.42. The van der Waals surface area contributed by atoms with Gasteiger partial charge in [0.05, 0.1) is 0 Å². The largest absolute Gasteiger partial charge is 0.369 e. The molecule has 1 aromatic heterocycles. The number of aromatic nitrogens is 1. The van der Waals surface area contributed by atoms with E-state index in [9.17, 15) is 0 Å². The minimum atomic E-state index is 0.592. The Morgan fingerprint density at radius 2 is 1.91 bits per heavy atom. The van der Waals surface area contributed by atoms with E-state index in [4.69, 9.17) is 0 Å². The molecule has 1 fully saturated rings. The van der Waals surface area contributed by atoms with E-state index < -0.39 is 0 Å². The van der Waals surface area contributed by atoms with Crippen LogP contribution in [0.4, 0.5) is 0 Å². The third kappa shape index (κ3) is 7.03. The maximum Gasteiger partial charge on any atom is 0.0435 e. The molecule has 0 aromatic carbocycles. The van der Waals surface area contributed by atoms with Crippen molar-refractivity contribution in [3.05, 3.63) is 64.7 Å². The Bertz CT molecular complexity index is 785. The fourth-order valence-electron chi connectivity index (χ4n) is 4.85. The summed E-state index contributed by atoms with van der Waals surface area (Å²) < 4.78 is 0. The van der Waals surface area contributed by atoms with Crippen molar-refractivity contribution in [1.82, 2.24) is 25.8 Å². The Hall–Kier alpha value is -1.95. The second-order valence-corrected chi connectivity index (χ2v) is 9.33. The monoisotopic (exact) mass is 437 g/mol. The number of hydrogen-bond donors (Lipinski definition) is 3. The van der Waals surface area contributed by atoms with Gasteiger partial charge in [-0.25, -0.2) is 0 Å². The van der Waals surface area contributed by atoms with Crippen LogP contribution in [0.3, 0.4) is 0 Å². The van der Waals surface area contributed by atoms with E-state index in [1.165, 1.54) is 48.2 Å². The average molecular weight is 438 g/mol. The number of fused-ring (bicyclic) bond motifs is 1. The molecular weight excluding hydrogens is 394 g/mol. The maximum absolute atomic E-state index is 4.32. The maximum atomic E-state index is 4.32. The lowest BCUT2D eigenvalue weighted by Gasteiger charge is -2.38. The van der Waals surface area contributed by atoms with E-state index in [0.717, 1.165) is 39.0 Å². The van der Waals surface area contributed by atoms with Crippen molar-refractivity contribution < 1.29 is 0 Å². The molecule has 1 saturated heterocycles. The van der Waals surface area contributed by atoms with Crippen molar-refractivity contribution in [3.63, 3.8) is 0 Å². The van der Waals surface area contributed by atoms with Crippen LogP contribution in [-0.2, 0) is 12.8 Å². The predicted octanol–water partition coefficient (Wildman–Crippen LogP) is 3.60. The van der Waals surface area contributed by atoms with Crippen LogP contribution in [0.15, 0.2) is 53.4 Å². The number of rotatable bonds is 1. The van der Waals surface area contributed by atoms with Gasteiger partial charge in [0.1, 0.15) is 0 Å². The highest BCUT2D eigenvalue weighted by atomic mass is 15.2. The van der Waals surface area contributed by atoms with Crippen LogP contribution in [0.5, 0.6) is 0 Å². The Labute approximate surface area is 195 Å².